The maximum absolute atomic E-state index is 12.8. The van der Waals surface area contributed by atoms with Gasteiger partial charge in [-0.25, -0.2) is 17.9 Å². The SMILES string of the molecule is COC(=O)c1ccc(C)c(S(=O)(=O)NCc2cc(OC)c(OC)c(OC)c2)c1. The zero-order valence-electron chi connectivity index (χ0n) is 16.4. The third-order valence-corrected chi connectivity index (χ3v) is 5.63. The highest BCUT2D eigenvalue weighted by atomic mass is 32.2. The Labute approximate surface area is 164 Å². The van der Waals surface area contributed by atoms with E-state index in [0.29, 0.717) is 28.4 Å². The number of nitrogens with one attached hydrogen (secondary N) is 1. The molecular formula is C19H23NO7S. The van der Waals surface area contributed by atoms with Gasteiger partial charge in [-0.05, 0) is 42.3 Å². The number of sulfonamides is 1. The summed E-state index contributed by atoms with van der Waals surface area (Å²) in [5, 5.41) is 0. The monoisotopic (exact) mass is 409 g/mol. The number of aryl methyl sites for hydroxylation is 1. The van der Waals surface area contributed by atoms with E-state index in [9.17, 15) is 13.2 Å². The van der Waals surface area contributed by atoms with Gasteiger partial charge in [0.1, 0.15) is 0 Å². The van der Waals surface area contributed by atoms with Crippen LogP contribution in [0.25, 0.3) is 0 Å². The summed E-state index contributed by atoms with van der Waals surface area (Å²) in [6, 6.07) is 7.67. The van der Waals surface area contributed by atoms with Crippen LogP contribution in [0.4, 0.5) is 0 Å². The number of rotatable bonds is 8. The van der Waals surface area contributed by atoms with Crippen LogP contribution in [0.3, 0.4) is 0 Å². The maximum atomic E-state index is 12.8. The minimum Gasteiger partial charge on any atom is -0.493 e. The Morgan fingerprint density at radius 2 is 1.57 bits per heavy atom. The fraction of sp³-hybridized carbons (Fsp3) is 0.316. The van der Waals surface area contributed by atoms with Crippen LogP contribution in [0.2, 0.25) is 0 Å². The van der Waals surface area contributed by atoms with Crippen LogP contribution < -0.4 is 18.9 Å². The normalized spacial score (nSPS) is 11.0. The number of hydrogen-bond acceptors (Lipinski definition) is 7. The van der Waals surface area contributed by atoms with Crippen molar-refractivity contribution in [3.63, 3.8) is 0 Å². The van der Waals surface area contributed by atoms with E-state index in [1.54, 1.807) is 25.1 Å². The number of carbonyl (C=O) groups is 1. The number of methoxy groups -OCH3 is 4. The van der Waals surface area contributed by atoms with Crippen molar-refractivity contribution in [3.05, 3.63) is 47.0 Å². The fourth-order valence-electron chi connectivity index (χ4n) is 2.63. The summed E-state index contributed by atoms with van der Waals surface area (Å²) in [6.07, 6.45) is 0. The third kappa shape index (κ3) is 4.55. The molecule has 2 aromatic carbocycles. The van der Waals surface area contributed by atoms with E-state index in [1.165, 1.54) is 40.6 Å². The molecule has 28 heavy (non-hydrogen) atoms. The molecule has 0 aromatic heterocycles. The summed E-state index contributed by atoms with van der Waals surface area (Å²) in [6.45, 7) is 1.63. The molecule has 0 amide bonds. The lowest BCUT2D eigenvalue weighted by Gasteiger charge is -2.15. The zero-order valence-corrected chi connectivity index (χ0v) is 17.2. The first-order valence-corrected chi connectivity index (χ1v) is 9.73. The number of hydrogen-bond donors (Lipinski definition) is 1. The summed E-state index contributed by atoms with van der Waals surface area (Å²) in [5.74, 6) is 0.638. The van der Waals surface area contributed by atoms with Gasteiger partial charge < -0.3 is 18.9 Å². The summed E-state index contributed by atoms with van der Waals surface area (Å²) >= 11 is 0. The smallest absolute Gasteiger partial charge is 0.337 e. The fourth-order valence-corrected chi connectivity index (χ4v) is 3.91. The van der Waals surface area contributed by atoms with E-state index in [0.717, 1.165) is 0 Å². The van der Waals surface area contributed by atoms with E-state index >= 15 is 0 Å². The van der Waals surface area contributed by atoms with E-state index in [4.69, 9.17) is 14.2 Å². The van der Waals surface area contributed by atoms with Crippen molar-refractivity contribution in [2.24, 2.45) is 0 Å². The molecule has 0 saturated carbocycles. The van der Waals surface area contributed by atoms with Crippen molar-refractivity contribution < 1.29 is 32.2 Å². The van der Waals surface area contributed by atoms with Gasteiger partial charge in [0.05, 0.1) is 38.9 Å². The molecule has 0 atom stereocenters. The quantitative estimate of drug-likeness (QED) is 0.668. The van der Waals surface area contributed by atoms with Crippen molar-refractivity contribution in [2.45, 2.75) is 18.4 Å². The van der Waals surface area contributed by atoms with Crippen molar-refractivity contribution in [1.82, 2.24) is 4.72 Å². The molecule has 0 unspecified atom stereocenters. The standard InChI is InChI=1S/C19H23NO7S/c1-12-6-7-14(19(21)27-5)10-17(12)28(22,23)20-11-13-8-15(24-2)18(26-4)16(9-13)25-3/h6-10,20H,11H2,1-5H3. The van der Waals surface area contributed by atoms with Crippen molar-refractivity contribution >= 4 is 16.0 Å². The van der Waals surface area contributed by atoms with Gasteiger partial charge in [0.25, 0.3) is 0 Å². The average molecular weight is 409 g/mol. The molecule has 0 fully saturated rings. The van der Waals surface area contributed by atoms with Crippen LogP contribution in [0.1, 0.15) is 21.5 Å². The van der Waals surface area contributed by atoms with E-state index in [1.807, 2.05) is 0 Å². The summed E-state index contributed by atoms with van der Waals surface area (Å²) < 4.78 is 48.5. The lowest BCUT2D eigenvalue weighted by atomic mass is 10.1. The van der Waals surface area contributed by atoms with Gasteiger partial charge in [-0.3, -0.25) is 0 Å². The number of carbonyl (C=O) groups excluding carboxylic acids is 1. The molecule has 0 aliphatic rings. The van der Waals surface area contributed by atoms with Gasteiger partial charge in [-0.2, -0.15) is 0 Å². The second-order valence-corrected chi connectivity index (χ2v) is 7.57. The number of benzene rings is 2. The van der Waals surface area contributed by atoms with Crippen LogP contribution >= 0.6 is 0 Å². The van der Waals surface area contributed by atoms with Crippen LogP contribution in [-0.4, -0.2) is 42.8 Å². The Kier molecular flexibility index (Phi) is 6.87. The molecule has 0 spiro atoms. The third-order valence-electron chi connectivity index (χ3n) is 4.09. The van der Waals surface area contributed by atoms with Crippen LogP contribution in [-0.2, 0) is 21.3 Å². The second kappa shape index (κ2) is 8.94. The van der Waals surface area contributed by atoms with Crippen LogP contribution in [0, 0.1) is 6.92 Å². The van der Waals surface area contributed by atoms with Gasteiger partial charge in [-0.15, -0.1) is 0 Å². The molecule has 0 bridgehead atoms. The molecule has 8 nitrogen and oxygen atoms in total. The Morgan fingerprint density at radius 3 is 2.07 bits per heavy atom. The van der Waals surface area contributed by atoms with Gasteiger partial charge >= 0.3 is 5.97 Å². The van der Waals surface area contributed by atoms with Gasteiger partial charge in [-0.1, -0.05) is 6.07 Å². The Balaban J connectivity index is 2.33. The predicted octanol–water partition coefficient (Wildman–Crippen LogP) is 2.29. The van der Waals surface area contributed by atoms with Crippen molar-refractivity contribution in [3.8, 4) is 17.2 Å². The maximum Gasteiger partial charge on any atom is 0.337 e. The van der Waals surface area contributed by atoms with E-state index in [-0.39, 0.29) is 17.0 Å². The molecule has 0 saturated heterocycles. The predicted molar refractivity (Wildman–Crippen MR) is 103 cm³/mol. The molecule has 152 valence electrons. The molecule has 0 radical (unpaired) electrons. The molecule has 1 N–H and O–H groups in total. The Bertz CT molecular complexity index is 945. The molecule has 9 heteroatoms. The van der Waals surface area contributed by atoms with Crippen LogP contribution in [0.5, 0.6) is 17.2 Å². The van der Waals surface area contributed by atoms with Gasteiger partial charge in [0.2, 0.25) is 15.8 Å². The Morgan fingerprint density at radius 1 is 0.964 bits per heavy atom. The first-order chi connectivity index (χ1) is 13.3. The lowest BCUT2D eigenvalue weighted by Crippen LogP contribution is -2.24. The first-order valence-electron chi connectivity index (χ1n) is 8.25. The summed E-state index contributed by atoms with van der Waals surface area (Å²) in [7, 11) is 1.80. The second-order valence-electron chi connectivity index (χ2n) is 5.83. The molecular weight excluding hydrogens is 386 g/mol. The highest BCUT2D eigenvalue weighted by Crippen LogP contribution is 2.38. The van der Waals surface area contributed by atoms with Crippen LogP contribution in [0.15, 0.2) is 35.2 Å². The minimum absolute atomic E-state index is 0.00263. The largest absolute Gasteiger partial charge is 0.493 e. The summed E-state index contributed by atoms with van der Waals surface area (Å²) in [4.78, 5) is 11.7. The van der Waals surface area contributed by atoms with E-state index in [2.05, 4.69) is 9.46 Å². The molecule has 2 rings (SSSR count). The molecule has 0 heterocycles. The topological polar surface area (TPSA) is 100 Å². The zero-order chi connectivity index (χ0) is 20.9. The Hall–Kier alpha value is -2.78. The molecule has 0 aliphatic heterocycles. The highest BCUT2D eigenvalue weighted by molar-refractivity contribution is 7.89. The molecule has 0 aliphatic carbocycles. The number of ether oxygens (including phenoxy) is 4. The van der Waals surface area contributed by atoms with Crippen molar-refractivity contribution in [2.75, 3.05) is 28.4 Å². The molecule has 2 aromatic rings. The highest BCUT2D eigenvalue weighted by Gasteiger charge is 2.20. The van der Waals surface area contributed by atoms with E-state index < -0.39 is 16.0 Å². The van der Waals surface area contributed by atoms with Gasteiger partial charge in [0, 0.05) is 6.54 Å². The number of esters is 1. The lowest BCUT2D eigenvalue weighted by molar-refractivity contribution is 0.0600. The van der Waals surface area contributed by atoms with Gasteiger partial charge in [0.15, 0.2) is 11.5 Å². The first kappa shape index (κ1) is 21.5. The summed E-state index contributed by atoms with van der Waals surface area (Å²) in [5.41, 5.74) is 1.27. The average Bonchev–Trinajstić information content (AvgIpc) is 2.70. The minimum atomic E-state index is -3.88. The van der Waals surface area contributed by atoms with Crippen molar-refractivity contribution in [1.29, 1.82) is 0 Å².